The molecule has 6 heteroatoms. The molecule has 0 aromatic carbocycles. The number of aliphatic hydroxyl groups excluding tert-OH is 1. The van der Waals surface area contributed by atoms with Crippen molar-refractivity contribution < 1.29 is 14.6 Å². The lowest BCUT2D eigenvalue weighted by Crippen LogP contribution is -2.62. The predicted octanol–water partition coefficient (Wildman–Crippen LogP) is 1.11. The van der Waals surface area contributed by atoms with Gasteiger partial charge in [0.25, 0.3) is 5.91 Å². The highest BCUT2D eigenvalue weighted by molar-refractivity contribution is 5.92. The highest BCUT2D eigenvalue weighted by Gasteiger charge is 2.56. The molecule has 2 heterocycles. The minimum Gasteiger partial charge on any atom is -0.392 e. The van der Waals surface area contributed by atoms with Crippen molar-refractivity contribution >= 4 is 5.91 Å². The van der Waals surface area contributed by atoms with Gasteiger partial charge in [-0.05, 0) is 32.8 Å². The molecule has 116 valence electrons. The summed E-state index contributed by atoms with van der Waals surface area (Å²) >= 11 is 0. The van der Waals surface area contributed by atoms with Crippen LogP contribution in [0, 0.1) is 12.3 Å². The number of hydrogen-bond donors (Lipinski definition) is 2. The highest BCUT2D eigenvalue weighted by Crippen LogP contribution is 2.51. The van der Waals surface area contributed by atoms with E-state index in [4.69, 9.17) is 4.74 Å². The average molecular weight is 293 g/mol. The third-order valence-corrected chi connectivity index (χ3v) is 5.02. The number of likely N-dealkylation sites (tertiary alicyclic amines) is 1. The van der Waals surface area contributed by atoms with Crippen molar-refractivity contribution in [1.82, 2.24) is 15.1 Å². The summed E-state index contributed by atoms with van der Waals surface area (Å²) in [6.45, 7) is 5.86. The minimum absolute atomic E-state index is 0.0315. The monoisotopic (exact) mass is 293 g/mol. The number of aromatic nitrogens is 2. The molecule has 2 atom stereocenters. The van der Waals surface area contributed by atoms with E-state index in [1.807, 2.05) is 18.7 Å². The van der Waals surface area contributed by atoms with Gasteiger partial charge in [0.2, 0.25) is 0 Å². The van der Waals surface area contributed by atoms with E-state index in [1.54, 1.807) is 6.07 Å². The average Bonchev–Trinajstić information content (AvgIpc) is 2.93. The maximum Gasteiger partial charge on any atom is 0.274 e. The van der Waals surface area contributed by atoms with Gasteiger partial charge in [-0.25, -0.2) is 0 Å². The van der Waals surface area contributed by atoms with E-state index in [0.29, 0.717) is 25.4 Å². The number of nitrogens with one attached hydrogen (secondary N) is 1. The Labute approximate surface area is 124 Å². The molecule has 1 amide bonds. The van der Waals surface area contributed by atoms with Crippen molar-refractivity contribution in [3.05, 3.63) is 17.5 Å². The molecule has 1 aliphatic heterocycles. The molecular weight excluding hydrogens is 270 g/mol. The van der Waals surface area contributed by atoms with E-state index in [1.165, 1.54) is 0 Å². The van der Waals surface area contributed by atoms with Gasteiger partial charge in [-0.3, -0.25) is 9.89 Å². The first kappa shape index (κ1) is 14.5. The molecule has 1 aliphatic carbocycles. The Morgan fingerprint density at radius 1 is 1.57 bits per heavy atom. The van der Waals surface area contributed by atoms with Crippen LogP contribution in [-0.4, -0.2) is 58.0 Å². The van der Waals surface area contributed by atoms with E-state index in [9.17, 15) is 9.90 Å². The first-order valence-electron chi connectivity index (χ1n) is 7.68. The van der Waals surface area contributed by atoms with E-state index in [-0.39, 0.29) is 23.5 Å². The molecule has 1 aromatic rings. The first-order chi connectivity index (χ1) is 10.1. The second-order valence-corrected chi connectivity index (χ2v) is 6.16. The Hall–Kier alpha value is -1.40. The lowest BCUT2D eigenvalue weighted by Gasteiger charge is -2.56. The topological polar surface area (TPSA) is 78.5 Å². The van der Waals surface area contributed by atoms with Gasteiger partial charge in [0, 0.05) is 37.2 Å². The Bertz CT molecular complexity index is 518. The molecule has 1 aromatic heterocycles. The zero-order valence-electron chi connectivity index (χ0n) is 12.6. The number of rotatable bonds is 3. The fourth-order valence-corrected chi connectivity index (χ4v) is 3.63. The third-order valence-electron chi connectivity index (χ3n) is 5.02. The molecule has 0 radical (unpaired) electrons. The summed E-state index contributed by atoms with van der Waals surface area (Å²) < 4.78 is 5.74. The summed E-state index contributed by atoms with van der Waals surface area (Å²) in [5.74, 6) is -0.0315. The molecule has 3 rings (SSSR count). The van der Waals surface area contributed by atoms with Crippen LogP contribution in [0.5, 0.6) is 0 Å². The van der Waals surface area contributed by atoms with Crippen LogP contribution in [-0.2, 0) is 4.74 Å². The van der Waals surface area contributed by atoms with Crippen molar-refractivity contribution in [2.45, 2.75) is 45.3 Å². The van der Waals surface area contributed by atoms with Gasteiger partial charge in [0.15, 0.2) is 0 Å². The summed E-state index contributed by atoms with van der Waals surface area (Å²) in [7, 11) is 0. The van der Waals surface area contributed by atoms with Gasteiger partial charge in [0.05, 0.1) is 12.2 Å². The summed E-state index contributed by atoms with van der Waals surface area (Å²) in [4.78, 5) is 14.2. The first-order valence-corrected chi connectivity index (χ1v) is 7.68. The Kier molecular flexibility index (Phi) is 3.75. The lowest BCUT2D eigenvalue weighted by atomic mass is 9.58. The number of aryl methyl sites for hydroxylation is 1. The van der Waals surface area contributed by atoms with Crippen molar-refractivity contribution in [3.63, 3.8) is 0 Å². The molecule has 0 bridgehead atoms. The smallest absolute Gasteiger partial charge is 0.274 e. The molecule has 2 N–H and O–H groups in total. The molecule has 1 saturated carbocycles. The lowest BCUT2D eigenvalue weighted by molar-refractivity contribution is -0.207. The van der Waals surface area contributed by atoms with Crippen LogP contribution in [0.15, 0.2) is 6.07 Å². The van der Waals surface area contributed by atoms with Gasteiger partial charge < -0.3 is 14.7 Å². The maximum atomic E-state index is 12.4. The van der Waals surface area contributed by atoms with Gasteiger partial charge in [-0.15, -0.1) is 0 Å². The van der Waals surface area contributed by atoms with Crippen molar-refractivity contribution in [2.75, 3.05) is 19.7 Å². The summed E-state index contributed by atoms with van der Waals surface area (Å²) in [6.07, 6.45) is 2.17. The van der Waals surface area contributed by atoms with Crippen LogP contribution in [0.25, 0.3) is 0 Å². The van der Waals surface area contributed by atoms with Crippen LogP contribution in [0.1, 0.15) is 42.4 Å². The van der Waals surface area contributed by atoms with Gasteiger partial charge in [-0.2, -0.15) is 5.10 Å². The van der Waals surface area contributed by atoms with Crippen LogP contribution < -0.4 is 0 Å². The zero-order valence-corrected chi connectivity index (χ0v) is 12.6. The SMILES string of the molecule is CCOC1CC(O)C12CCN(C(=O)c1cc(C)[nH]n1)CC2. The minimum atomic E-state index is -0.293. The van der Waals surface area contributed by atoms with Crippen molar-refractivity contribution in [2.24, 2.45) is 5.41 Å². The quantitative estimate of drug-likeness (QED) is 0.875. The Balaban J connectivity index is 1.63. The van der Waals surface area contributed by atoms with Gasteiger partial charge in [0.1, 0.15) is 5.69 Å². The number of H-pyrrole nitrogens is 1. The number of carbonyl (C=O) groups excluding carboxylic acids is 1. The summed E-state index contributed by atoms with van der Waals surface area (Å²) in [5, 5.41) is 17.0. The van der Waals surface area contributed by atoms with Crippen LogP contribution in [0.4, 0.5) is 0 Å². The number of ether oxygens (including phenoxy) is 1. The number of aromatic amines is 1. The number of piperidine rings is 1. The van der Waals surface area contributed by atoms with Gasteiger partial charge in [-0.1, -0.05) is 0 Å². The largest absolute Gasteiger partial charge is 0.392 e. The number of aliphatic hydroxyl groups is 1. The number of amides is 1. The van der Waals surface area contributed by atoms with E-state index < -0.39 is 0 Å². The molecule has 6 nitrogen and oxygen atoms in total. The van der Waals surface area contributed by atoms with Gasteiger partial charge >= 0.3 is 0 Å². The van der Waals surface area contributed by atoms with E-state index in [2.05, 4.69) is 10.2 Å². The molecule has 1 spiro atoms. The fourth-order valence-electron chi connectivity index (χ4n) is 3.63. The molecule has 1 saturated heterocycles. The number of carbonyl (C=O) groups is 1. The maximum absolute atomic E-state index is 12.4. The van der Waals surface area contributed by atoms with E-state index >= 15 is 0 Å². The number of nitrogens with zero attached hydrogens (tertiary/aromatic N) is 2. The second kappa shape index (κ2) is 5.42. The third kappa shape index (κ3) is 2.36. The van der Waals surface area contributed by atoms with Crippen LogP contribution in [0.2, 0.25) is 0 Å². The van der Waals surface area contributed by atoms with Crippen molar-refractivity contribution in [3.8, 4) is 0 Å². The summed E-state index contributed by atoms with van der Waals surface area (Å²) in [5.41, 5.74) is 1.21. The van der Waals surface area contributed by atoms with E-state index in [0.717, 1.165) is 25.0 Å². The Morgan fingerprint density at radius 3 is 2.81 bits per heavy atom. The van der Waals surface area contributed by atoms with Crippen molar-refractivity contribution in [1.29, 1.82) is 0 Å². The fraction of sp³-hybridized carbons (Fsp3) is 0.733. The molecular formula is C15H23N3O3. The molecule has 2 fully saturated rings. The highest BCUT2D eigenvalue weighted by atomic mass is 16.5. The second-order valence-electron chi connectivity index (χ2n) is 6.16. The normalized spacial score (nSPS) is 27.7. The van der Waals surface area contributed by atoms with Crippen LogP contribution in [0.3, 0.4) is 0 Å². The predicted molar refractivity (Wildman–Crippen MR) is 76.9 cm³/mol. The number of hydrogen-bond acceptors (Lipinski definition) is 4. The summed E-state index contributed by atoms with van der Waals surface area (Å²) in [6, 6.07) is 1.77. The zero-order chi connectivity index (χ0) is 15.0. The molecule has 2 unspecified atom stereocenters. The van der Waals surface area contributed by atoms with Crippen LogP contribution >= 0.6 is 0 Å². The Morgan fingerprint density at radius 2 is 2.29 bits per heavy atom. The standard InChI is InChI=1S/C15H23N3O3/c1-3-21-13-9-12(19)15(13)4-6-18(7-5-15)14(20)11-8-10(2)16-17-11/h8,12-13,19H,3-7,9H2,1-2H3,(H,16,17). The molecule has 21 heavy (non-hydrogen) atoms. The molecule has 2 aliphatic rings.